The molecular formula is C22H28FN3O2. The number of Topliss-reactive ketones (excluding diaryl/α,β-unsaturated/α-hetero) is 1. The van der Waals surface area contributed by atoms with E-state index in [0.717, 1.165) is 24.3 Å². The van der Waals surface area contributed by atoms with Crippen molar-refractivity contribution < 1.29 is 13.9 Å². The van der Waals surface area contributed by atoms with Gasteiger partial charge in [0.15, 0.2) is 11.6 Å². The highest BCUT2D eigenvalue weighted by Crippen LogP contribution is 2.29. The highest BCUT2D eigenvalue weighted by molar-refractivity contribution is 5.76. The molecule has 0 aliphatic carbocycles. The van der Waals surface area contributed by atoms with Crippen LogP contribution in [0.3, 0.4) is 0 Å². The average Bonchev–Trinajstić information content (AvgIpc) is 3.12. The largest absolute Gasteiger partial charge is 0.489 e. The van der Waals surface area contributed by atoms with Crippen molar-refractivity contribution in [3.63, 3.8) is 0 Å². The number of nitrogens with one attached hydrogen (secondary N) is 1. The summed E-state index contributed by atoms with van der Waals surface area (Å²) in [5, 5.41) is 2.95. The monoisotopic (exact) mass is 385 g/mol. The second kappa shape index (κ2) is 9.04. The molecule has 28 heavy (non-hydrogen) atoms. The maximum Gasteiger partial charge on any atom is 0.188 e. The first kappa shape index (κ1) is 20.1. The van der Waals surface area contributed by atoms with Gasteiger partial charge in [0.2, 0.25) is 0 Å². The molecule has 5 nitrogen and oxygen atoms in total. The molecule has 2 heterocycles. The molecule has 0 unspecified atom stereocenters. The van der Waals surface area contributed by atoms with Crippen molar-refractivity contribution >= 4 is 17.3 Å². The predicted molar refractivity (Wildman–Crippen MR) is 110 cm³/mol. The van der Waals surface area contributed by atoms with Crippen LogP contribution in [-0.2, 0) is 4.79 Å². The van der Waals surface area contributed by atoms with E-state index in [9.17, 15) is 9.18 Å². The smallest absolute Gasteiger partial charge is 0.188 e. The zero-order chi connectivity index (χ0) is 20.1. The molecule has 1 aliphatic rings. The number of nitrogens with zero attached hydrogens (tertiary/aromatic N) is 2. The van der Waals surface area contributed by atoms with Crippen molar-refractivity contribution in [2.75, 3.05) is 29.9 Å². The molecule has 1 saturated heterocycles. The Kier molecular flexibility index (Phi) is 6.49. The standard InChI is InChI=1S/C22H28FN3O2/c1-4-24-22-21(23)20(9-11-25-22)26-12-10-19(14-26)28-18-7-5-17(6-8-18)15(2)13-16(3)27/h5-9,11,15,19H,4,10,12-14H2,1-3H3,(H,24,25)/t15-,19-/m1/s1. The van der Waals surface area contributed by atoms with Gasteiger partial charge < -0.3 is 19.7 Å². The van der Waals surface area contributed by atoms with E-state index in [0.29, 0.717) is 31.0 Å². The lowest BCUT2D eigenvalue weighted by atomic mass is 9.96. The molecule has 2 aromatic rings. The molecule has 0 bridgehead atoms. The van der Waals surface area contributed by atoms with Crippen LogP contribution in [-0.4, -0.2) is 36.5 Å². The molecule has 1 aromatic heterocycles. The summed E-state index contributed by atoms with van der Waals surface area (Å²) >= 11 is 0. The molecule has 0 radical (unpaired) electrons. The molecule has 0 amide bonds. The van der Waals surface area contributed by atoms with E-state index < -0.39 is 0 Å². The van der Waals surface area contributed by atoms with Gasteiger partial charge in [0.05, 0.1) is 12.2 Å². The number of carbonyl (C=O) groups excluding carboxylic acids is 1. The number of ether oxygens (including phenoxy) is 1. The van der Waals surface area contributed by atoms with Gasteiger partial charge in [-0.1, -0.05) is 19.1 Å². The summed E-state index contributed by atoms with van der Waals surface area (Å²) in [7, 11) is 0. The molecule has 0 saturated carbocycles. The lowest BCUT2D eigenvalue weighted by Crippen LogP contribution is -2.25. The van der Waals surface area contributed by atoms with Crippen molar-refractivity contribution in [3.05, 3.63) is 47.9 Å². The summed E-state index contributed by atoms with van der Waals surface area (Å²) in [6.45, 7) is 7.59. The lowest BCUT2D eigenvalue weighted by molar-refractivity contribution is -0.117. The summed E-state index contributed by atoms with van der Waals surface area (Å²) in [6.07, 6.45) is 3.02. The minimum atomic E-state index is -0.311. The normalized spacial score (nSPS) is 17.4. The van der Waals surface area contributed by atoms with Gasteiger partial charge in [0.1, 0.15) is 17.6 Å². The molecule has 1 N–H and O–H groups in total. The zero-order valence-corrected chi connectivity index (χ0v) is 16.7. The Bertz CT molecular complexity index is 810. The third-order valence-electron chi connectivity index (χ3n) is 5.04. The number of anilines is 2. The maximum absolute atomic E-state index is 14.6. The fourth-order valence-corrected chi connectivity index (χ4v) is 3.63. The molecule has 1 aromatic carbocycles. The van der Waals surface area contributed by atoms with E-state index >= 15 is 0 Å². The molecule has 6 heteroatoms. The van der Waals surface area contributed by atoms with E-state index in [-0.39, 0.29) is 23.6 Å². The highest BCUT2D eigenvalue weighted by Gasteiger charge is 2.27. The van der Waals surface area contributed by atoms with Crippen molar-refractivity contribution in [2.45, 2.75) is 45.6 Å². The molecule has 1 fully saturated rings. The number of pyridine rings is 1. The lowest BCUT2D eigenvalue weighted by Gasteiger charge is -2.20. The molecule has 3 rings (SSSR count). The number of benzene rings is 1. The van der Waals surface area contributed by atoms with E-state index in [2.05, 4.69) is 17.2 Å². The van der Waals surface area contributed by atoms with Crippen LogP contribution in [0, 0.1) is 5.82 Å². The molecule has 2 atom stereocenters. The summed E-state index contributed by atoms with van der Waals surface area (Å²) in [4.78, 5) is 17.4. The Morgan fingerprint density at radius 2 is 2.11 bits per heavy atom. The SMILES string of the molecule is CCNc1nccc(N2CC[C@@H](Oc3ccc([C@H](C)CC(C)=O)cc3)C2)c1F. The van der Waals surface area contributed by atoms with Crippen LogP contribution < -0.4 is 15.0 Å². The van der Waals surface area contributed by atoms with Gasteiger partial charge >= 0.3 is 0 Å². The first-order valence-electron chi connectivity index (χ1n) is 9.87. The zero-order valence-electron chi connectivity index (χ0n) is 16.7. The number of aromatic nitrogens is 1. The average molecular weight is 385 g/mol. The second-order valence-corrected chi connectivity index (χ2v) is 7.37. The first-order valence-corrected chi connectivity index (χ1v) is 9.87. The third-order valence-corrected chi connectivity index (χ3v) is 5.04. The van der Waals surface area contributed by atoms with Crippen LogP contribution in [0.25, 0.3) is 0 Å². The molecule has 0 spiro atoms. The fourth-order valence-electron chi connectivity index (χ4n) is 3.63. The second-order valence-electron chi connectivity index (χ2n) is 7.37. The maximum atomic E-state index is 14.6. The van der Waals surface area contributed by atoms with E-state index in [4.69, 9.17) is 4.74 Å². The summed E-state index contributed by atoms with van der Waals surface area (Å²) in [5.74, 6) is 1.18. The van der Waals surface area contributed by atoms with Gasteiger partial charge in [0, 0.05) is 32.1 Å². The van der Waals surface area contributed by atoms with Crippen molar-refractivity contribution in [2.24, 2.45) is 0 Å². The number of rotatable bonds is 8. The fraction of sp³-hybridized carbons (Fsp3) is 0.455. The van der Waals surface area contributed by atoms with E-state index in [1.807, 2.05) is 36.1 Å². The van der Waals surface area contributed by atoms with E-state index in [1.54, 1.807) is 19.2 Å². The first-order chi connectivity index (χ1) is 13.5. The Morgan fingerprint density at radius 1 is 1.36 bits per heavy atom. The Morgan fingerprint density at radius 3 is 2.79 bits per heavy atom. The van der Waals surface area contributed by atoms with E-state index in [1.165, 1.54) is 0 Å². The summed E-state index contributed by atoms with van der Waals surface area (Å²) in [5.41, 5.74) is 1.69. The molecule has 1 aliphatic heterocycles. The van der Waals surface area contributed by atoms with Crippen LogP contribution in [0.4, 0.5) is 15.9 Å². The van der Waals surface area contributed by atoms with Crippen LogP contribution in [0.1, 0.15) is 45.1 Å². The van der Waals surface area contributed by atoms with Crippen LogP contribution in [0.5, 0.6) is 5.75 Å². The van der Waals surface area contributed by atoms with Crippen molar-refractivity contribution in [1.82, 2.24) is 4.98 Å². The van der Waals surface area contributed by atoms with Crippen LogP contribution in [0.15, 0.2) is 36.5 Å². The van der Waals surface area contributed by atoms with Gasteiger partial charge in [-0.25, -0.2) is 9.37 Å². The number of carbonyl (C=O) groups is 1. The minimum absolute atomic E-state index is 0.00985. The minimum Gasteiger partial charge on any atom is -0.489 e. The number of halogens is 1. The van der Waals surface area contributed by atoms with Gasteiger partial charge in [0.25, 0.3) is 0 Å². The molecular weight excluding hydrogens is 357 g/mol. The summed E-state index contributed by atoms with van der Waals surface area (Å²) < 4.78 is 20.7. The van der Waals surface area contributed by atoms with Crippen molar-refractivity contribution in [1.29, 1.82) is 0 Å². The van der Waals surface area contributed by atoms with Gasteiger partial charge in [-0.2, -0.15) is 0 Å². The number of hydrogen-bond acceptors (Lipinski definition) is 5. The Hall–Kier alpha value is -2.63. The predicted octanol–water partition coefficient (Wildman–Crippen LogP) is 4.39. The quantitative estimate of drug-likeness (QED) is 0.730. The van der Waals surface area contributed by atoms with Gasteiger partial charge in [-0.05, 0) is 43.5 Å². The number of ketones is 1. The van der Waals surface area contributed by atoms with Gasteiger partial charge in [-0.3, -0.25) is 0 Å². The van der Waals surface area contributed by atoms with Crippen LogP contribution in [0.2, 0.25) is 0 Å². The van der Waals surface area contributed by atoms with Crippen molar-refractivity contribution in [3.8, 4) is 5.75 Å². The molecule has 150 valence electrons. The Labute approximate surface area is 165 Å². The van der Waals surface area contributed by atoms with Gasteiger partial charge in [-0.15, -0.1) is 0 Å². The van der Waals surface area contributed by atoms with Crippen LogP contribution >= 0.6 is 0 Å². The number of hydrogen-bond donors (Lipinski definition) is 1. The third kappa shape index (κ3) is 4.80. The Balaban J connectivity index is 1.61. The topological polar surface area (TPSA) is 54.5 Å². The summed E-state index contributed by atoms with van der Waals surface area (Å²) in [6, 6.07) is 9.64. The highest BCUT2D eigenvalue weighted by atomic mass is 19.1.